The fraction of sp³-hybridized carbons (Fsp3) is 0.625. The predicted octanol–water partition coefficient (Wildman–Crippen LogP) is 4.34. The van der Waals surface area contributed by atoms with E-state index < -0.39 is 0 Å². The summed E-state index contributed by atoms with van der Waals surface area (Å²) >= 11 is 6.09. The van der Waals surface area contributed by atoms with E-state index in [0.29, 0.717) is 18.2 Å². The minimum absolute atomic E-state index is 0.388. The highest BCUT2D eigenvalue weighted by Crippen LogP contribution is 2.26. The van der Waals surface area contributed by atoms with Crippen LogP contribution in [-0.2, 0) is 4.74 Å². The molecule has 1 N–H and O–H groups in total. The number of halogens is 1. The number of nitrogens with one attached hydrogen (secondary N) is 1. The van der Waals surface area contributed by atoms with Gasteiger partial charge in [0.05, 0.1) is 6.10 Å². The molecular formula is C16H24ClNO. The summed E-state index contributed by atoms with van der Waals surface area (Å²) < 4.78 is 5.50. The van der Waals surface area contributed by atoms with Crippen LogP contribution in [0.5, 0.6) is 0 Å². The van der Waals surface area contributed by atoms with Crippen LogP contribution in [0.3, 0.4) is 0 Å². The molecule has 0 spiro atoms. The molecule has 0 bridgehead atoms. The molecule has 0 aromatic heterocycles. The highest BCUT2D eigenvalue weighted by molar-refractivity contribution is 6.30. The zero-order valence-electron chi connectivity index (χ0n) is 11.9. The Balaban J connectivity index is 1.99. The minimum Gasteiger partial charge on any atom is -0.381 e. The van der Waals surface area contributed by atoms with Crippen molar-refractivity contribution >= 4 is 11.6 Å². The first kappa shape index (κ1) is 14.8. The maximum Gasteiger partial charge on any atom is 0.0586 e. The number of benzene rings is 1. The third-order valence-corrected chi connectivity index (χ3v) is 4.29. The van der Waals surface area contributed by atoms with Gasteiger partial charge in [-0.3, -0.25) is 0 Å². The molecule has 2 nitrogen and oxygen atoms in total. The summed E-state index contributed by atoms with van der Waals surface area (Å²) in [4.78, 5) is 0. The molecule has 3 atom stereocenters. The summed E-state index contributed by atoms with van der Waals surface area (Å²) in [7, 11) is 1.82. The van der Waals surface area contributed by atoms with E-state index in [1.54, 1.807) is 0 Å². The van der Waals surface area contributed by atoms with E-state index in [4.69, 9.17) is 16.3 Å². The first-order chi connectivity index (χ1) is 9.22. The average Bonchev–Trinajstić information content (AvgIpc) is 2.45. The summed E-state index contributed by atoms with van der Waals surface area (Å²) in [5.41, 5.74) is 1.29. The van der Waals surface area contributed by atoms with Gasteiger partial charge in [0.15, 0.2) is 0 Å². The van der Waals surface area contributed by atoms with Gasteiger partial charge in [0.2, 0.25) is 0 Å². The van der Waals surface area contributed by atoms with E-state index in [0.717, 1.165) is 17.9 Å². The molecule has 1 aliphatic carbocycles. The molecule has 1 aromatic carbocycles. The molecule has 0 heterocycles. The Labute approximate surface area is 121 Å². The lowest BCUT2D eigenvalue weighted by atomic mass is 9.91. The Kier molecular flexibility index (Phi) is 5.68. The van der Waals surface area contributed by atoms with Gasteiger partial charge in [-0.25, -0.2) is 0 Å². The van der Waals surface area contributed by atoms with E-state index in [9.17, 15) is 0 Å². The van der Waals surface area contributed by atoms with E-state index in [1.165, 1.54) is 24.8 Å². The van der Waals surface area contributed by atoms with Gasteiger partial charge in [-0.1, -0.05) is 30.7 Å². The molecule has 0 saturated heterocycles. The van der Waals surface area contributed by atoms with Crippen LogP contribution in [0.2, 0.25) is 5.02 Å². The van der Waals surface area contributed by atoms with Gasteiger partial charge in [-0.15, -0.1) is 0 Å². The van der Waals surface area contributed by atoms with Gasteiger partial charge in [0, 0.05) is 24.2 Å². The molecule has 1 fully saturated rings. The molecule has 0 amide bonds. The van der Waals surface area contributed by atoms with Crippen LogP contribution in [0.15, 0.2) is 24.3 Å². The summed E-state index contributed by atoms with van der Waals surface area (Å²) in [5, 5.41) is 4.59. The lowest BCUT2D eigenvalue weighted by Crippen LogP contribution is -2.38. The maximum atomic E-state index is 6.09. The van der Waals surface area contributed by atoms with Crippen molar-refractivity contribution in [2.75, 3.05) is 7.11 Å². The first-order valence-corrected chi connectivity index (χ1v) is 7.65. The lowest BCUT2D eigenvalue weighted by Gasteiger charge is -2.32. The molecule has 3 unspecified atom stereocenters. The number of methoxy groups -OCH3 is 1. The quantitative estimate of drug-likeness (QED) is 0.867. The van der Waals surface area contributed by atoms with E-state index in [1.807, 2.05) is 19.2 Å². The maximum absolute atomic E-state index is 6.09. The number of ether oxygens (including phenoxy) is 1. The molecule has 1 aromatic rings. The third-order valence-electron chi connectivity index (χ3n) is 4.06. The van der Waals surface area contributed by atoms with Gasteiger partial charge >= 0.3 is 0 Å². The standard InChI is InChI=1S/C16H24ClNO/c1-3-16(12-6-4-7-13(17)10-12)18-14-8-5-9-15(11-14)19-2/h4,6-7,10,14-16,18H,3,5,8-9,11H2,1-2H3. The Hall–Kier alpha value is -0.570. The molecule has 0 radical (unpaired) electrons. The molecule has 19 heavy (non-hydrogen) atoms. The second-order valence-electron chi connectivity index (χ2n) is 5.40. The molecular weight excluding hydrogens is 258 g/mol. The van der Waals surface area contributed by atoms with Crippen molar-refractivity contribution in [1.29, 1.82) is 0 Å². The molecule has 0 aliphatic heterocycles. The van der Waals surface area contributed by atoms with Crippen molar-refractivity contribution in [1.82, 2.24) is 5.32 Å². The zero-order chi connectivity index (χ0) is 13.7. The average molecular weight is 282 g/mol. The fourth-order valence-corrected chi connectivity index (χ4v) is 3.17. The Bertz CT molecular complexity index is 396. The SMILES string of the molecule is CCC(NC1CCCC(OC)C1)c1cccc(Cl)c1. The molecule has 1 saturated carbocycles. The van der Waals surface area contributed by atoms with Crippen molar-refractivity contribution < 1.29 is 4.74 Å². The van der Waals surface area contributed by atoms with Crippen LogP contribution in [-0.4, -0.2) is 19.3 Å². The van der Waals surface area contributed by atoms with Crippen molar-refractivity contribution in [3.8, 4) is 0 Å². The Morgan fingerprint density at radius 3 is 2.95 bits per heavy atom. The highest BCUT2D eigenvalue weighted by atomic mass is 35.5. The van der Waals surface area contributed by atoms with Gasteiger partial charge in [-0.2, -0.15) is 0 Å². The van der Waals surface area contributed by atoms with Crippen molar-refractivity contribution in [3.05, 3.63) is 34.9 Å². The van der Waals surface area contributed by atoms with Gasteiger partial charge in [0.25, 0.3) is 0 Å². The normalized spacial score (nSPS) is 25.2. The van der Waals surface area contributed by atoms with Gasteiger partial charge in [-0.05, 0) is 49.8 Å². The van der Waals surface area contributed by atoms with Crippen LogP contribution >= 0.6 is 11.6 Å². The molecule has 1 aliphatic rings. The van der Waals surface area contributed by atoms with Crippen LogP contribution in [0.4, 0.5) is 0 Å². The molecule has 106 valence electrons. The summed E-state index contributed by atoms with van der Waals surface area (Å²) in [5.74, 6) is 0. The number of rotatable bonds is 5. The zero-order valence-corrected chi connectivity index (χ0v) is 12.6. The van der Waals surface area contributed by atoms with E-state index >= 15 is 0 Å². The number of hydrogen-bond acceptors (Lipinski definition) is 2. The minimum atomic E-state index is 0.388. The predicted molar refractivity (Wildman–Crippen MR) is 80.7 cm³/mol. The van der Waals surface area contributed by atoms with Crippen molar-refractivity contribution in [2.24, 2.45) is 0 Å². The second-order valence-corrected chi connectivity index (χ2v) is 5.84. The van der Waals surface area contributed by atoms with Gasteiger partial charge in [0.1, 0.15) is 0 Å². The monoisotopic (exact) mass is 281 g/mol. The van der Waals surface area contributed by atoms with E-state index in [2.05, 4.69) is 24.4 Å². The summed E-state index contributed by atoms with van der Waals surface area (Å²) in [6, 6.07) is 9.13. The van der Waals surface area contributed by atoms with Crippen LogP contribution in [0.1, 0.15) is 50.6 Å². The van der Waals surface area contributed by atoms with Crippen molar-refractivity contribution in [3.63, 3.8) is 0 Å². The van der Waals surface area contributed by atoms with Crippen molar-refractivity contribution in [2.45, 2.75) is 57.2 Å². The summed E-state index contributed by atoms with van der Waals surface area (Å²) in [6.45, 7) is 2.22. The third kappa shape index (κ3) is 4.20. The fourth-order valence-electron chi connectivity index (χ4n) is 2.97. The first-order valence-electron chi connectivity index (χ1n) is 7.27. The van der Waals surface area contributed by atoms with Crippen LogP contribution in [0.25, 0.3) is 0 Å². The van der Waals surface area contributed by atoms with E-state index in [-0.39, 0.29) is 0 Å². The topological polar surface area (TPSA) is 21.3 Å². The van der Waals surface area contributed by atoms with Gasteiger partial charge < -0.3 is 10.1 Å². The molecule has 2 rings (SSSR count). The van der Waals surface area contributed by atoms with Crippen LogP contribution in [0, 0.1) is 0 Å². The Morgan fingerprint density at radius 1 is 1.42 bits per heavy atom. The Morgan fingerprint density at radius 2 is 2.26 bits per heavy atom. The number of hydrogen-bond donors (Lipinski definition) is 1. The highest BCUT2D eigenvalue weighted by Gasteiger charge is 2.23. The summed E-state index contributed by atoms with van der Waals surface area (Å²) in [6.07, 6.45) is 6.31. The largest absolute Gasteiger partial charge is 0.381 e. The lowest BCUT2D eigenvalue weighted by molar-refractivity contribution is 0.0567. The van der Waals surface area contributed by atoms with Crippen LogP contribution < -0.4 is 5.32 Å². The molecule has 3 heteroatoms. The second kappa shape index (κ2) is 7.28. The smallest absolute Gasteiger partial charge is 0.0586 e.